The highest BCUT2D eigenvalue weighted by Gasteiger charge is 2.23. The van der Waals surface area contributed by atoms with Gasteiger partial charge < -0.3 is 19.6 Å². The molecule has 25 heavy (non-hydrogen) atoms. The van der Waals surface area contributed by atoms with Gasteiger partial charge in [0.1, 0.15) is 17.9 Å². The maximum atomic E-state index is 12.7. The summed E-state index contributed by atoms with van der Waals surface area (Å²) in [6.07, 6.45) is 1.06. The van der Waals surface area contributed by atoms with Gasteiger partial charge in [0, 0.05) is 11.1 Å². The fourth-order valence-corrected chi connectivity index (χ4v) is 3.07. The van der Waals surface area contributed by atoms with E-state index in [-0.39, 0.29) is 29.7 Å². The van der Waals surface area contributed by atoms with E-state index in [1.54, 1.807) is 14.0 Å². The van der Waals surface area contributed by atoms with Crippen LogP contribution in [0.4, 0.5) is 0 Å². The summed E-state index contributed by atoms with van der Waals surface area (Å²) in [5, 5.41) is 11.9. The summed E-state index contributed by atoms with van der Waals surface area (Å²) in [5.41, 5.74) is 3.86. The average Bonchev–Trinajstić information content (AvgIpc) is 2.85. The van der Waals surface area contributed by atoms with Gasteiger partial charge in [-0.2, -0.15) is 0 Å². The molecule has 0 aliphatic carbocycles. The zero-order valence-corrected chi connectivity index (χ0v) is 15.1. The SMILES string of the molecule is COc1cc(C)cc(C)c1C(C)NC(=O)c1c(C)coc1CC(=O)O. The van der Waals surface area contributed by atoms with Crippen molar-refractivity contribution in [1.82, 2.24) is 5.32 Å². The molecule has 1 unspecified atom stereocenters. The summed E-state index contributed by atoms with van der Waals surface area (Å²) in [5.74, 6) is -0.549. The van der Waals surface area contributed by atoms with Crippen molar-refractivity contribution in [2.24, 2.45) is 0 Å². The van der Waals surface area contributed by atoms with Crippen LogP contribution in [0.1, 0.15) is 51.3 Å². The molecule has 0 aliphatic rings. The van der Waals surface area contributed by atoms with Gasteiger partial charge in [-0.3, -0.25) is 9.59 Å². The second-order valence-electron chi connectivity index (χ2n) is 6.18. The summed E-state index contributed by atoms with van der Waals surface area (Å²) >= 11 is 0. The number of hydrogen-bond acceptors (Lipinski definition) is 4. The van der Waals surface area contributed by atoms with E-state index in [4.69, 9.17) is 14.3 Å². The van der Waals surface area contributed by atoms with Crippen molar-refractivity contribution in [3.63, 3.8) is 0 Å². The third-order valence-electron chi connectivity index (χ3n) is 4.08. The number of hydrogen-bond donors (Lipinski definition) is 2. The second-order valence-corrected chi connectivity index (χ2v) is 6.18. The van der Waals surface area contributed by atoms with E-state index < -0.39 is 5.97 Å². The Labute approximate surface area is 146 Å². The number of benzene rings is 1. The molecule has 1 aromatic heterocycles. The van der Waals surface area contributed by atoms with Gasteiger partial charge in [-0.25, -0.2) is 0 Å². The first-order valence-corrected chi connectivity index (χ1v) is 7.99. The number of ether oxygens (including phenoxy) is 1. The zero-order valence-electron chi connectivity index (χ0n) is 15.1. The average molecular weight is 345 g/mol. The number of nitrogens with one attached hydrogen (secondary N) is 1. The third kappa shape index (κ3) is 4.02. The van der Waals surface area contributed by atoms with E-state index in [1.165, 1.54) is 6.26 Å². The Hall–Kier alpha value is -2.76. The molecule has 0 radical (unpaired) electrons. The van der Waals surface area contributed by atoms with Gasteiger partial charge in [-0.15, -0.1) is 0 Å². The Bertz CT molecular complexity index is 806. The van der Waals surface area contributed by atoms with Crippen molar-refractivity contribution in [2.45, 2.75) is 40.2 Å². The van der Waals surface area contributed by atoms with E-state index >= 15 is 0 Å². The fraction of sp³-hybridized carbons (Fsp3) is 0.368. The molecule has 1 heterocycles. The van der Waals surface area contributed by atoms with E-state index in [9.17, 15) is 9.59 Å². The van der Waals surface area contributed by atoms with Gasteiger partial charge in [-0.1, -0.05) is 6.07 Å². The van der Waals surface area contributed by atoms with Crippen LogP contribution in [-0.2, 0) is 11.2 Å². The monoisotopic (exact) mass is 345 g/mol. The standard InChI is InChI=1S/C19H23NO5/c1-10-6-11(2)17(14(7-10)24-5)13(4)20-19(23)18-12(3)9-25-15(18)8-16(21)22/h6-7,9,13H,8H2,1-5H3,(H,20,23)(H,21,22). The molecule has 6 heteroatoms. The van der Waals surface area contributed by atoms with Crippen molar-refractivity contribution in [3.8, 4) is 5.75 Å². The van der Waals surface area contributed by atoms with Gasteiger partial charge in [0.25, 0.3) is 5.91 Å². The van der Waals surface area contributed by atoms with Crippen LogP contribution in [0.15, 0.2) is 22.8 Å². The number of carbonyl (C=O) groups excluding carboxylic acids is 1. The summed E-state index contributed by atoms with van der Waals surface area (Å²) in [7, 11) is 1.59. The van der Waals surface area contributed by atoms with Crippen molar-refractivity contribution in [3.05, 3.63) is 52.0 Å². The third-order valence-corrected chi connectivity index (χ3v) is 4.08. The molecule has 0 fully saturated rings. The molecule has 0 bridgehead atoms. The molecule has 134 valence electrons. The Kier molecular flexibility index (Phi) is 5.51. The Morgan fingerprint density at radius 2 is 1.92 bits per heavy atom. The predicted molar refractivity (Wildman–Crippen MR) is 93.1 cm³/mol. The van der Waals surface area contributed by atoms with Crippen LogP contribution in [0.5, 0.6) is 5.75 Å². The van der Waals surface area contributed by atoms with Gasteiger partial charge in [0.2, 0.25) is 0 Å². The van der Waals surface area contributed by atoms with Gasteiger partial charge in [0.05, 0.1) is 25.0 Å². The van der Waals surface area contributed by atoms with Gasteiger partial charge >= 0.3 is 5.97 Å². The predicted octanol–water partition coefficient (Wildman–Crippen LogP) is 3.33. The van der Waals surface area contributed by atoms with Gasteiger partial charge in [0.15, 0.2) is 0 Å². The van der Waals surface area contributed by atoms with Crippen molar-refractivity contribution in [1.29, 1.82) is 0 Å². The lowest BCUT2D eigenvalue weighted by Gasteiger charge is -2.20. The molecule has 1 aromatic carbocycles. The fourth-order valence-electron chi connectivity index (χ4n) is 3.07. The Morgan fingerprint density at radius 1 is 1.24 bits per heavy atom. The maximum Gasteiger partial charge on any atom is 0.311 e. The van der Waals surface area contributed by atoms with E-state index in [0.717, 1.165) is 16.7 Å². The van der Waals surface area contributed by atoms with Crippen molar-refractivity contribution < 1.29 is 23.8 Å². The number of furan rings is 1. The van der Waals surface area contributed by atoms with Crippen LogP contribution < -0.4 is 10.1 Å². The minimum absolute atomic E-state index is 0.155. The topological polar surface area (TPSA) is 88.8 Å². The molecule has 0 spiro atoms. The molecule has 0 aliphatic heterocycles. The Balaban J connectivity index is 2.30. The first-order valence-electron chi connectivity index (χ1n) is 7.99. The van der Waals surface area contributed by atoms with E-state index in [2.05, 4.69) is 5.32 Å². The number of aryl methyl sites for hydroxylation is 3. The zero-order chi connectivity index (χ0) is 18.7. The number of rotatable bonds is 6. The molecule has 1 atom stereocenters. The van der Waals surface area contributed by atoms with Crippen molar-refractivity contribution in [2.75, 3.05) is 7.11 Å². The van der Waals surface area contributed by atoms with Crippen LogP contribution in [-0.4, -0.2) is 24.1 Å². The summed E-state index contributed by atoms with van der Waals surface area (Å²) in [6.45, 7) is 7.53. The summed E-state index contributed by atoms with van der Waals surface area (Å²) in [6, 6.07) is 3.64. The molecule has 0 saturated heterocycles. The Morgan fingerprint density at radius 3 is 2.52 bits per heavy atom. The number of amides is 1. The highest BCUT2D eigenvalue weighted by Crippen LogP contribution is 2.30. The number of carboxylic acids is 1. The van der Waals surface area contributed by atoms with Crippen LogP contribution in [0, 0.1) is 20.8 Å². The minimum atomic E-state index is -1.05. The lowest BCUT2D eigenvalue weighted by Crippen LogP contribution is -2.28. The number of carbonyl (C=O) groups is 2. The van der Waals surface area contributed by atoms with Crippen molar-refractivity contribution >= 4 is 11.9 Å². The molecule has 2 N–H and O–H groups in total. The lowest BCUT2D eigenvalue weighted by molar-refractivity contribution is -0.136. The second kappa shape index (κ2) is 7.42. The normalized spacial score (nSPS) is 11.9. The van der Waals surface area contributed by atoms with Crippen LogP contribution in [0.25, 0.3) is 0 Å². The number of carboxylic acid groups (broad SMARTS) is 1. The largest absolute Gasteiger partial charge is 0.496 e. The highest BCUT2D eigenvalue weighted by molar-refractivity contribution is 5.97. The highest BCUT2D eigenvalue weighted by atomic mass is 16.5. The molecule has 2 rings (SSSR count). The number of aliphatic carboxylic acids is 1. The molecule has 1 amide bonds. The van der Waals surface area contributed by atoms with Crippen LogP contribution in [0.2, 0.25) is 0 Å². The summed E-state index contributed by atoms with van der Waals surface area (Å²) in [4.78, 5) is 23.6. The van der Waals surface area contributed by atoms with E-state index in [1.807, 2.05) is 32.9 Å². The number of methoxy groups -OCH3 is 1. The van der Waals surface area contributed by atoms with E-state index in [0.29, 0.717) is 11.3 Å². The minimum Gasteiger partial charge on any atom is -0.496 e. The van der Waals surface area contributed by atoms with Gasteiger partial charge in [-0.05, 0) is 44.9 Å². The quantitative estimate of drug-likeness (QED) is 0.838. The summed E-state index contributed by atoms with van der Waals surface area (Å²) < 4.78 is 10.7. The van der Waals surface area contributed by atoms with Crippen LogP contribution in [0.3, 0.4) is 0 Å². The molecule has 6 nitrogen and oxygen atoms in total. The molecular weight excluding hydrogens is 322 g/mol. The molecule has 2 aromatic rings. The smallest absolute Gasteiger partial charge is 0.311 e. The molecular formula is C19H23NO5. The molecule has 0 saturated carbocycles. The first-order chi connectivity index (χ1) is 11.7. The maximum absolute atomic E-state index is 12.7. The first kappa shape index (κ1) is 18.6. The lowest BCUT2D eigenvalue weighted by atomic mass is 9.98. The van der Waals surface area contributed by atoms with Crippen LogP contribution >= 0.6 is 0 Å².